The van der Waals surface area contributed by atoms with Crippen LogP contribution in [0.1, 0.15) is 29.7 Å². The molecule has 13 heavy (non-hydrogen) atoms. The lowest BCUT2D eigenvalue weighted by Gasteiger charge is -2.15. The van der Waals surface area contributed by atoms with Gasteiger partial charge in [0.15, 0.2) is 0 Å². The van der Waals surface area contributed by atoms with E-state index in [2.05, 4.69) is 17.6 Å². The van der Waals surface area contributed by atoms with E-state index in [1.165, 1.54) is 18.4 Å². The van der Waals surface area contributed by atoms with E-state index in [9.17, 15) is 4.79 Å². The van der Waals surface area contributed by atoms with E-state index in [-0.39, 0.29) is 5.56 Å². The molecule has 0 radical (unpaired) electrons. The number of hydrogen-bond donors (Lipinski definition) is 2. The number of pyridine rings is 1. The molecule has 0 aromatic carbocycles. The Bertz CT molecular complexity index is 370. The summed E-state index contributed by atoms with van der Waals surface area (Å²) < 4.78 is 0. The molecule has 1 aliphatic rings. The quantitative estimate of drug-likeness (QED) is 0.657. The third-order valence-corrected chi connectivity index (χ3v) is 2.93. The number of aromatic nitrogens is 1. The highest BCUT2D eigenvalue weighted by molar-refractivity contribution is 7.79. The molecular weight excluding hydrogens is 182 g/mol. The van der Waals surface area contributed by atoms with E-state index in [4.69, 9.17) is 0 Å². The molecule has 0 aliphatic heterocycles. The first-order valence-corrected chi connectivity index (χ1v) is 5.29. The molecule has 0 fully saturated rings. The Morgan fingerprint density at radius 2 is 2.15 bits per heavy atom. The standard InChI is InChI=1S/C10H13NOS/c12-10-8(6-13)5-7-3-1-2-4-9(7)11-10/h5,13H,1-4,6H2,(H,11,12). The fourth-order valence-electron chi connectivity index (χ4n) is 1.84. The van der Waals surface area contributed by atoms with Gasteiger partial charge in [-0.1, -0.05) is 0 Å². The number of H-pyrrole nitrogens is 1. The molecule has 1 heterocycles. The topological polar surface area (TPSA) is 32.9 Å². The van der Waals surface area contributed by atoms with Gasteiger partial charge in [0, 0.05) is 17.0 Å². The lowest BCUT2D eigenvalue weighted by Crippen LogP contribution is -2.18. The second-order valence-electron chi connectivity index (χ2n) is 3.49. The first-order chi connectivity index (χ1) is 6.31. The van der Waals surface area contributed by atoms with Gasteiger partial charge in [0.25, 0.3) is 5.56 Å². The van der Waals surface area contributed by atoms with Crippen molar-refractivity contribution in [2.45, 2.75) is 31.4 Å². The maximum absolute atomic E-state index is 11.4. The van der Waals surface area contributed by atoms with E-state index in [0.717, 1.165) is 24.1 Å². The Balaban J connectivity index is 2.51. The van der Waals surface area contributed by atoms with Gasteiger partial charge >= 0.3 is 0 Å². The van der Waals surface area contributed by atoms with Crippen LogP contribution >= 0.6 is 12.6 Å². The third kappa shape index (κ3) is 1.66. The van der Waals surface area contributed by atoms with E-state index < -0.39 is 0 Å². The zero-order valence-corrected chi connectivity index (χ0v) is 8.36. The van der Waals surface area contributed by atoms with Crippen molar-refractivity contribution in [2.75, 3.05) is 0 Å². The molecule has 0 bridgehead atoms. The SMILES string of the molecule is O=c1[nH]c2c(cc1CS)CCCC2. The van der Waals surface area contributed by atoms with Gasteiger partial charge in [-0.05, 0) is 37.3 Å². The van der Waals surface area contributed by atoms with Gasteiger partial charge in [0.05, 0.1) is 0 Å². The monoisotopic (exact) mass is 195 g/mol. The van der Waals surface area contributed by atoms with Crippen molar-refractivity contribution in [2.24, 2.45) is 0 Å². The Kier molecular flexibility index (Phi) is 2.44. The molecule has 70 valence electrons. The molecule has 0 amide bonds. The smallest absolute Gasteiger partial charge is 0.252 e. The number of rotatable bonds is 1. The molecule has 3 heteroatoms. The zero-order valence-electron chi connectivity index (χ0n) is 7.47. The first-order valence-electron chi connectivity index (χ1n) is 4.66. The van der Waals surface area contributed by atoms with Gasteiger partial charge in [-0.25, -0.2) is 0 Å². The van der Waals surface area contributed by atoms with Gasteiger partial charge in [-0.2, -0.15) is 12.6 Å². The molecule has 1 aromatic heterocycles. The maximum atomic E-state index is 11.4. The predicted octanol–water partition coefficient (Wildman–Crippen LogP) is 1.68. The van der Waals surface area contributed by atoms with E-state index in [0.29, 0.717) is 5.75 Å². The van der Waals surface area contributed by atoms with Crippen molar-refractivity contribution < 1.29 is 0 Å². The number of aromatic amines is 1. The van der Waals surface area contributed by atoms with Crippen LogP contribution in [-0.4, -0.2) is 4.98 Å². The number of nitrogens with one attached hydrogen (secondary N) is 1. The lowest BCUT2D eigenvalue weighted by molar-refractivity contribution is 0.663. The second kappa shape index (κ2) is 3.58. The third-order valence-electron chi connectivity index (χ3n) is 2.59. The fourth-order valence-corrected chi connectivity index (χ4v) is 2.08. The van der Waals surface area contributed by atoms with Crippen LogP contribution in [0.15, 0.2) is 10.9 Å². The minimum absolute atomic E-state index is 0.0376. The Hall–Kier alpha value is -0.700. The Morgan fingerprint density at radius 1 is 1.38 bits per heavy atom. The molecule has 0 atom stereocenters. The van der Waals surface area contributed by atoms with Crippen LogP contribution in [0.5, 0.6) is 0 Å². The van der Waals surface area contributed by atoms with Crippen LogP contribution in [0, 0.1) is 0 Å². The van der Waals surface area contributed by atoms with Crippen LogP contribution in [-0.2, 0) is 18.6 Å². The van der Waals surface area contributed by atoms with Crippen LogP contribution in [0.4, 0.5) is 0 Å². The van der Waals surface area contributed by atoms with Crippen molar-refractivity contribution in [1.82, 2.24) is 4.98 Å². The lowest BCUT2D eigenvalue weighted by atomic mass is 9.95. The molecule has 0 spiro atoms. The summed E-state index contributed by atoms with van der Waals surface area (Å²) in [5.41, 5.74) is 3.29. The van der Waals surface area contributed by atoms with E-state index in [1.54, 1.807) is 0 Å². The van der Waals surface area contributed by atoms with Crippen molar-refractivity contribution in [3.05, 3.63) is 33.2 Å². The second-order valence-corrected chi connectivity index (χ2v) is 3.81. The zero-order chi connectivity index (χ0) is 9.26. The number of thiol groups is 1. The van der Waals surface area contributed by atoms with Crippen LogP contribution in [0.25, 0.3) is 0 Å². The molecule has 1 aliphatic carbocycles. The number of fused-ring (bicyclic) bond motifs is 1. The molecule has 2 nitrogen and oxygen atoms in total. The Labute approximate surface area is 82.8 Å². The van der Waals surface area contributed by atoms with Crippen molar-refractivity contribution >= 4 is 12.6 Å². The molecule has 0 saturated heterocycles. The fraction of sp³-hybridized carbons (Fsp3) is 0.500. The number of aryl methyl sites for hydroxylation is 2. The molecule has 0 unspecified atom stereocenters. The Morgan fingerprint density at radius 3 is 2.92 bits per heavy atom. The summed E-state index contributed by atoms with van der Waals surface area (Å²) in [4.78, 5) is 14.4. The molecule has 2 rings (SSSR count). The largest absolute Gasteiger partial charge is 0.326 e. The molecular formula is C10H13NOS. The first kappa shape index (κ1) is 8.88. The summed E-state index contributed by atoms with van der Waals surface area (Å²) in [7, 11) is 0. The van der Waals surface area contributed by atoms with E-state index in [1.807, 2.05) is 6.07 Å². The van der Waals surface area contributed by atoms with Crippen molar-refractivity contribution in [1.29, 1.82) is 0 Å². The number of hydrogen-bond acceptors (Lipinski definition) is 2. The molecule has 0 saturated carbocycles. The molecule has 1 aromatic rings. The van der Waals surface area contributed by atoms with E-state index >= 15 is 0 Å². The summed E-state index contributed by atoms with van der Waals surface area (Å²) in [5.74, 6) is 0.530. The summed E-state index contributed by atoms with van der Waals surface area (Å²) in [5, 5.41) is 0. The highest BCUT2D eigenvalue weighted by atomic mass is 32.1. The molecule has 1 N–H and O–H groups in total. The summed E-state index contributed by atoms with van der Waals surface area (Å²) in [6, 6.07) is 2.01. The summed E-state index contributed by atoms with van der Waals surface area (Å²) in [6.07, 6.45) is 4.57. The van der Waals surface area contributed by atoms with Crippen LogP contribution in [0.3, 0.4) is 0 Å². The van der Waals surface area contributed by atoms with Crippen molar-refractivity contribution in [3.63, 3.8) is 0 Å². The average Bonchev–Trinajstić information content (AvgIpc) is 2.17. The van der Waals surface area contributed by atoms with Gasteiger partial charge in [0.1, 0.15) is 0 Å². The highest BCUT2D eigenvalue weighted by Crippen LogP contribution is 2.18. The van der Waals surface area contributed by atoms with Gasteiger partial charge < -0.3 is 4.98 Å². The maximum Gasteiger partial charge on any atom is 0.252 e. The highest BCUT2D eigenvalue weighted by Gasteiger charge is 2.11. The van der Waals surface area contributed by atoms with Gasteiger partial charge in [-0.15, -0.1) is 0 Å². The summed E-state index contributed by atoms with van der Waals surface area (Å²) in [6.45, 7) is 0. The van der Waals surface area contributed by atoms with Crippen LogP contribution in [0.2, 0.25) is 0 Å². The average molecular weight is 195 g/mol. The van der Waals surface area contributed by atoms with Crippen molar-refractivity contribution in [3.8, 4) is 0 Å². The van der Waals surface area contributed by atoms with Gasteiger partial charge in [0.2, 0.25) is 0 Å². The van der Waals surface area contributed by atoms with Crippen LogP contribution < -0.4 is 5.56 Å². The van der Waals surface area contributed by atoms with Gasteiger partial charge in [-0.3, -0.25) is 4.79 Å². The predicted molar refractivity (Wildman–Crippen MR) is 56.4 cm³/mol. The minimum atomic E-state index is 0.0376. The minimum Gasteiger partial charge on any atom is -0.326 e. The normalized spacial score (nSPS) is 15.5. The summed E-state index contributed by atoms with van der Waals surface area (Å²) >= 11 is 4.13.